The number of hydrogen-bond donors (Lipinski definition) is 2. The molecule has 1 aromatic carbocycles. The van der Waals surface area contributed by atoms with Crippen molar-refractivity contribution in [1.29, 1.82) is 0 Å². The Bertz CT molecular complexity index is 792. The zero-order chi connectivity index (χ0) is 21.2. The summed E-state index contributed by atoms with van der Waals surface area (Å²) in [7, 11) is 0. The topological polar surface area (TPSA) is 93.0 Å². The molecule has 1 aromatic heterocycles. The molecule has 162 valence electrons. The van der Waals surface area contributed by atoms with Gasteiger partial charge in [0.25, 0.3) is 0 Å². The minimum Gasteiger partial charge on any atom is -0.494 e. The first-order valence-electron chi connectivity index (χ1n) is 10.3. The van der Waals surface area contributed by atoms with Crippen molar-refractivity contribution in [2.45, 2.75) is 32.4 Å². The number of carbonyl (C=O) groups is 2. The highest BCUT2D eigenvalue weighted by Crippen LogP contribution is 2.18. The molecule has 1 atom stereocenters. The van der Waals surface area contributed by atoms with Crippen LogP contribution in [0.3, 0.4) is 0 Å². The Labute approximate surface area is 176 Å². The summed E-state index contributed by atoms with van der Waals surface area (Å²) in [5, 5.41) is 5.73. The zero-order valence-corrected chi connectivity index (χ0v) is 17.3. The summed E-state index contributed by atoms with van der Waals surface area (Å²) in [4.78, 5) is 26.6. The van der Waals surface area contributed by atoms with E-state index in [9.17, 15) is 9.59 Å². The predicted molar refractivity (Wildman–Crippen MR) is 111 cm³/mol. The molecule has 2 aromatic rings. The molecule has 2 heterocycles. The SMILES string of the molecule is CCOc1ccc(OCCNC(=O)CN2CCCC2C(=O)NCc2ccco2)cc1. The molecule has 1 aliphatic rings. The van der Waals surface area contributed by atoms with E-state index in [1.807, 2.05) is 42.2 Å². The molecular weight excluding hydrogens is 386 g/mol. The van der Waals surface area contributed by atoms with Gasteiger partial charge in [0.1, 0.15) is 23.9 Å². The standard InChI is InChI=1S/C22H29N3O5/c1-2-28-17-7-9-18(10-8-17)30-14-11-23-21(26)16-25-12-3-6-20(25)22(27)24-15-19-5-4-13-29-19/h4-5,7-10,13,20H,2-3,6,11-12,14-16H2,1H3,(H,23,26)(H,24,27). The van der Waals surface area contributed by atoms with Crippen molar-refractivity contribution in [2.24, 2.45) is 0 Å². The highest BCUT2D eigenvalue weighted by Gasteiger charge is 2.31. The van der Waals surface area contributed by atoms with Gasteiger partial charge in [-0.2, -0.15) is 0 Å². The number of nitrogens with one attached hydrogen (secondary N) is 2. The fraction of sp³-hybridized carbons (Fsp3) is 0.455. The molecule has 1 fully saturated rings. The largest absolute Gasteiger partial charge is 0.494 e. The lowest BCUT2D eigenvalue weighted by Gasteiger charge is -2.23. The van der Waals surface area contributed by atoms with Crippen molar-refractivity contribution >= 4 is 11.8 Å². The molecule has 0 aliphatic carbocycles. The van der Waals surface area contributed by atoms with E-state index in [1.54, 1.807) is 12.3 Å². The van der Waals surface area contributed by atoms with Crippen LogP contribution in [0.15, 0.2) is 47.1 Å². The Balaban J connectivity index is 1.34. The maximum atomic E-state index is 12.5. The van der Waals surface area contributed by atoms with Crippen LogP contribution in [-0.4, -0.2) is 55.6 Å². The summed E-state index contributed by atoms with van der Waals surface area (Å²) in [5.74, 6) is 2.04. The molecule has 3 rings (SSSR count). The van der Waals surface area contributed by atoms with Crippen molar-refractivity contribution in [3.8, 4) is 11.5 Å². The zero-order valence-electron chi connectivity index (χ0n) is 17.3. The van der Waals surface area contributed by atoms with Crippen LogP contribution in [-0.2, 0) is 16.1 Å². The first-order chi connectivity index (χ1) is 14.7. The summed E-state index contributed by atoms with van der Waals surface area (Å²) in [5.41, 5.74) is 0. The van der Waals surface area contributed by atoms with E-state index in [0.717, 1.165) is 30.9 Å². The Morgan fingerprint density at radius 2 is 1.90 bits per heavy atom. The van der Waals surface area contributed by atoms with Gasteiger partial charge in [-0.05, 0) is 62.7 Å². The van der Waals surface area contributed by atoms with Crippen LogP contribution >= 0.6 is 0 Å². The third-order valence-corrected chi connectivity index (χ3v) is 4.86. The molecule has 0 saturated carbocycles. The number of hydrogen-bond acceptors (Lipinski definition) is 6. The number of rotatable bonds is 11. The number of likely N-dealkylation sites (tertiary alicyclic amines) is 1. The van der Waals surface area contributed by atoms with Gasteiger partial charge in [0.2, 0.25) is 11.8 Å². The van der Waals surface area contributed by atoms with Gasteiger partial charge in [-0.25, -0.2) is 0 Å². The van der Waals surface area contributed by atoms with Crippen molar-refractivity contribution in [1.82, 2.24) is 15.5 Å². The van der Waals surface area contributed by atoms with Crippen molar-refractivity contribution in [3.63, 3.8) is 0 Å². The predicted octanol–water partition coefficient (Wildman–Crippen LogP) is 1.95. The average Bonchev–Trinajstić information content (AvgIpc) is 3.43. The molecule has 2 amide bonds. The highest BCUT2D eigenvalue weighted by atomic mass is 16.5. The maximum Gasteiger partial charge on any atom is 0.237 e. The molecule has 8 heteroatoms. The van der Waals surface area contributed by atoms with E-state index >= 15 is 0 Å². The number of amides is 2. The van der Waals surface area contributed by atoms with Crippen molar-refractivity contribution in [3.05, 3.63) is 48.4 Å². The van der Waals surface area contributed by atoms with Crippen LogP contribution in [0, 0.1) is 0 Å². The number of carbonyl (C=O) groups excluding carboxylic acids is 2. The Kier molecular flexibility index (Phi) is 8.14. The molecular formula is C22H29N3O5. The second-order valence-corrected chi connectivity index (χ2v) is 7.03. The highest BCUT2D eigenvalue weighted by molar-refractivity contribution is 5.84. The molecule has 2 N–H and O–H groups in total. The summed E-state index contributed by atoms with van der Waals surface area (Å²) in [6.45, 7) is 4.60. The third kappa shape index (κ3) is 6.52. The normalized spacial score (nSPS) is 16.2. The van der Waals surface area contributed by atoms with E-state index in [4.69, 9.17) is 13.9 Å². The van der Waals surface area contributed by atoms with Crippen LogP contribution < -0.4 is 20.1 Å². The number of benzene rings is 1. The van der Waals surface area contributed by atoms with Crippen LogP contribution in [0.25, 0.3) is 0 Å². The molecule has 0 bridgehead atoms. The summed E-state index contributed by atoms with van der Waals surface area (Å²) in [6.07, 6.45) is 3.22. The summed E-state index contributed by atoms with van der Waals surface area (Å²) >= 11 is 0. The molecule has 1 unspecified atom stereocenters. The molecule has 0 spiro atoms. The minimum atomic E-state index is -0.286. The lowest BCUT2D eigenvalue weighted by Crippen LogP contribution is -2.47. The lowest BCUT2D eigenvalue weighted by atomic mass is 10.2. The van der Waals surface area contributed by atoms with Gasteiger partial charge < -0.3 is 24.5 Å². The van der Waals surface area contributed by atoms with Gasteiger partial charge in [-0.1, -0.05) is 0 Å². The van der Waals surface area contributed by atoms with Gasteiger partial charge in [0.05, 0.1) is 38.5 Å². The summed E-state index contributed by atoms with van der Waals surface area (Å²) in [6, 6.07) is 10.7. The fourth-order valence-corrected chi connectivity index (χ4v) is 3.42. The second kappa shape index (κ2) is 11.3. The smallest absolute Gasteiger partial charge is 0.237 e. The second-order valence-electron chi connectivity index (χ2n) is 7.03. The van der Waals surface area contributed by atoms with Gasteiger partial charge in [-0.3, -0.25) is 14.5 Å². The Morgan fingerprint density at radius 3 is 2.60 bits per heavy atom. The third-order valence-electron chi connectivity index (χ3n) is 4.86. The van der Waals surface area contributed by atoms with Crippen LogP contribution in [0.1, 0.15) is 25.5 Å². The first kappa shape index (κ1) is 21.7. The molecule has 1 saturated heterocycles. The first-order valence-corrected chi connectivity index (χ1v) is 10.3. The number of furan rings is 1. The number of ether oxygens (including phenoxy) is 2. The van der Waals surface area contributed by atoms with Crippen LogP contribution in [0.4, 0.5) is 0 Å². The van der Waals surface area contributed by atoms with E-state index in [0.29, 0.717) is 32.1 Å². The van der Waals surface area contributed by atoms with Gasteiger partial charge in [-0.15, -0.1) is 0 Å². The van der Waals surface area contributed by atoms with Crippen molar-refractivity contribution < 1.29 is 23.5 Å². The molecule has 30 heavy (non-hydrogen) atoms. The maximum absolute atomic E-state index is 12.5. The van der Waals surface area contributed by atoms with Crippen LogP contribution in [0.2, 0.25) is 0 Å². The van der Waals surface area contributed by atoms with Gasteiger partial charge >= 0.3 is 0 Å². The van der Waals surface area contributed by atoms with E-state index in [-0.39, 0.29) is 24.4 Å². The van der Waals surface area contributed by atoms with Gasteiger partial charge in [0, 0.05) is 0 Å². The van der Waals surface area contributed by atoms with E-state index in [1.165, 1.54) is 0 Å². The van der Waals surface area contributed by atoms with E-state index < -0.39 is 0 Å². The monoisotopic (exact) mass is 415 g/mol. The Morgan fingerprint density at radius 1 is 1.13 bits per heavy atom. The molecule has 0 radical (unpaired) electrons. The summed E-state index contributed by atoms with van der Waals surface area (Å²) < 4.78 is 16.3. The molecule has 8 nitrogen and oxygen atoms in total. The van der Waals surface area contributed by atoms with Crippen LogP contribution in [0.5, 0.6) is 11.5 Å². The van der Waals surface area contributed by atoms with Gasteiger partial charge in [0.15, 0.2) is 0 Å². The average molecular weight is 415 g/mol. The molecule has 1 aliphatic heterocycles. The minimum absolute atomic E-state index is 0.0736. The fourth-order valence-electron chi connectivity index (χ4n) is 3.42. The Hall–Kier alpha value is -3.00. The number of nitrogens with zero attached hydrogens (tertiary/aromatic N) is 1. The van der Waals surface area contributed by atoms with E-state index in [2.05, 4.69) is 10.6 Å². The van der Waals surface area contributed by atoms with Crippen molar-refractivity contribution in [2.75, 3.05) is 32.8 Å². The quantitative estimate of drug-likeness (QED) is 0.545. The lowest BCUT2D eigenvalue weighted by molar-refractivity contribution is -0.127.